The van der Waals surface area contributed by atoms with E-state index in [1.807, 2.05) is 0 Å². The van der Waals surface area contributed by atoms with Gasteiger partial charge in [-0.1, -0.05) is 0 Å². The van der Waals surface area contributed by atoms with Gasteiger partial charge in [-0.2, -0.15) is 0 Å². The molecule has 2 heterocycles. The first-order valence-electron chi connectivity index (χ1n) is 6.66. The Balaban J connectivity index is 2.02. The second-order valence-corrected chi connectivity index (χ2v) is 5.71. The van der Waals surface area contributed by atoms with E-state index in [1.165, 1.54) is 18.7 Å². The van der Waals surface area contributed by atoms with Crippen molar-refractivity contribution in [2.24, 2.45) is 4.99 Å². The maximum atomic E-state index is 11.2. The molecule has 2 rings (SSSR count). The lowest BCUT2D eigenvalue weighted by molar-refractivity contribution is -0.117. The van der Waals surface area contributed by atoms with Crippen LogP contribution in [0.5, 0.6) is 0 Å². The molecule has 10 heteroatoms. The number of nitrogens with zero attached hydrogens (tertiary/aromatic N) is 1. The summed E-state index contributed by atoms with van der Waals surface area (Å²) in [6.45, 7) is 1.34. The van der Waals surface area contributed by atoms with E-state index in [0.717, 1.165) is 12.0 Å². The molecule has 1 aromatic rings. The number of hydrogen-bond donors (Lipinski definition) is 4. The van der Waals surface area contributed by atoms with Crippen LogP contribution in [-0.4, -0.2) is 52.8 Å². The molecule has 0 saturated carbocycles. The molecule has 0 radical (unpaired) electrons. The summed E-state index contributed by atoms with van der Waals surface area (Å²) in [4.78, 5) is 28.4. The molecule has 1 aliphatic heterocycles. The fourth-order valence-corrected chi connectivity index (χ4v) is 3.07. The van der Waals surface area contributed by atoms with Gasteiger partial charge in [-0.3, -0.25) is 10.2 Å². The van der Waals surface area contributed by atoms with Gasteiger partial charge in [0, 0.05) is 12.7 Å². The number of carbonyl (C=O) groups is 2. The number of carbonyl (C=O) groups excluding carboxylic acids is 1. The number of aromatic nitrogens is 1. The zero-order chi connectivity index (χ0) is 16.8. The summed E-state index contributed by atoms with van der Waals surface area (Å²) in [6.07, 6.45) is -0.795. The zero-order valence-electron chi connectivity index (χ0n) is 12.2. The van der Waals surface area contributed by atoms with E-state index in [4.69, 9.17) is 15.3 Å². The summed E-state index contributed by atoms with van der Waals surface area (Å²) in [5.74, 6) is 0.561. The highest BCUT2D eigenvalue weighted by molar-refractivity contribution is 7.99. The number of aliphatic imine (C=N–C) groups is 1. The molecule has 1 fully saturated rings. The van der Waals surface area contributed by atoms with E-state index in [0.29, 0.717) is 11.4 Å². The van der Waals surface area contributed by atoms with Gasteiger partial charge in [0.1, 0.15) is 24.5 Å². The Hall–Kier alpha value is -2.33. The van der Waals surface area contributed by atoms with Crippen LogP contribution in [0.25, 0.3) is 0 Å². The molecule has 0 spiro atoms. The monoisotopic (exact) mass is 340 g/mol. The van der Waals surface area contributed by atoms with Crippen LogP contribution in [0.15, 0.2) is 17.1 Å². The van der Waals surface area contributed by atoms with E-state index >= 15 is 0 Å². The SMILES string of the molecule is CC(=O)N/C(=N/C=N)c1ccc(C2O[C@H](COC(=O)O)CS2)[nH]1. The van der Waals surface area contributed by atoms with Crippen LogP contribution in [0.4, 0.5) is 4.79 Å². The fraction of sp³-hybridized carbons (Fsp3) is 0.385. The van der Waals surface area contributed by atoms with Crippen molar-refractivity contribution in [2.75, 3.05) is 12.4 Å². The molecule has 23 heavy (non-hydrogen) atoms. The third-order valence-electron chi connectivity index (χ3n) is 2.85. The summed E-state index contributed by atoms with van der Waals surface area (Å²) in [5.41, 5.74) is 1.02. The molecule has 1 aliphatic rings. The molecule has 1 aromatic heterocycles. The van der Waals surface area contributed by atoms with Gasteiger partial charge in [0.15, 0.2) is 5.84 Å². The quantitative estimate of drug-likeness (QED) is 0.362. The highest BCUT2D eigenvalue weighted by Gasteiger charge is 2.29. The van der Waals surface area contributed by atoms with E-state index in [9.17, 15) is 9.59 Å². The molecular weight excluding hydrogens is 324 g/mol. The second-order valence-electron chi connectivity index (χ2n) is 4.62. The Morgan fingerprint density at radius 3 is 3.09 bits per heavy atom. The van der Waals surface area contributed by atoms with E-state index in [-0.39, 0.29) is 29.9 Å². The van der Waals surface area contributed by atoms with Gasteiger partial charge in [0.25, 0.3) is 0 Å². The normalized spacial score (nSPS) is 21.0. The zero-order valence-corrected chi connectivity index (χ0v) is 13.1. The minimum absolute atomic E-state index is 0.0151. The minimum Gasteiger partial charge on any atom is -0.450 e. The number of amidine groups is 1. The van der Waals surface area contributed by atoms with Crippen molar-refractivity contribution >= 4 is 36.0 Å². The summed E-state index contributed by atoms with van der Waals surface area (Å²) in [7, 11) is 0. The first-order chi connectivity index (χ1) is 11.0. The van der Waals surface area contributed by atoms with E-state index < -0.39 is 6.16 Å². The van der Waals surface area contributed by atoms with Crippen molar-refractivity contribution in [1.82, 2.24) is 10.3 Å². The van der Waals surface area contributed by atoms with E-state index in [1.54, 1.807) is 12.1 Å². The van der Waals surface area contributed by atoms with Gasteiger partial charge in [0.05, 0.1) is 11.4 Å². The lowest BCUT2D eigenvalue weighted by Crippen LogP contribution is -2.29. The van der Waals surface area contributed by atoms with Crippen LogP contribution in [-0.2, 0) is 14.3 Å². The summed E-state index contributed by atoms with van der Waals surface area (Å²) in [5, 5.41) is 18.1. The van der Waals surface area contributed by atoms with Gasteiger partial charge in [0.2, 0.25) is 5.91 Å². The van der Waals surface area contributed by atoms with Crippen molar-refractivity contribution < 1.29 is 24.2 Å². The summed E-state index contributed by atoms with van der Waals surface area (Å²) >= 11 is 1.51. The number of rotatable bonds is 5. The maximum absolute atomic E-state index is 11.2. The number of hydrogen-bond acceptors (Lipinski definition) is 6. The number of nitrogens with one attached hydrogen (secondary N) is 3. The fourth-order valence-electron chi connectivity index (χ4n) is 1.95. The van der Waals surface area contributed by atoms with E-state index in [2.05, 4.69) is 20.0 Å². The molecule has 1 unspecified atom stereocenters. The standard InChI is InChI=1S/C13H16N4O5S/c1-7(18)16-11(15-6-14)9-2-3-10(17-9)12-22-8(5-23-12)4-21-13(19)20/h2-3,6,8,12,17H,4-5H2,1H3,(H,19,20)(H2,14,15,16,18)/t8-,12?/m1/s1. The van der Waals surface area contributed by atoms with Gasteiger partial charge in [-0.25, -0.2) is 9.79 Å². The van der Waals surface area contributed by atoms with Crippen LogP contribution in [0.3, 0.4) is 0 Å². The molecule has 4 N–H and O–H groups in total. The average Bonchev–Trinajstić information content (AvgIpc) is 3.13. The van der Waals surface area contributed by atoms with Crippen LogP contribution in [0.2, 0.25) is 0 Å². The van der Waals surface area contributed by atoms with Crippen molar-refractivity contribution in [3.05, 3.63) is 23.5 Å². The number of aromatic amines is 1. The highest BCUT2D eigenvalue weighted by Crippen LogP contribution is 2.37. The molecule has 2 atom stereocenters. The van der Waals surface area contributed by atoms with Crippen molar-refractivity contribution in [3.63, 3.8) is 0 Å². The van der Waals surface area contributed by atoms with Crippen molar-refractivity contribution in [3.8, 4) is 0 Å². The Morgan fingerprint density at radius 1 is 1.65 bits per heavy atom. The molecule has 124 valence electrons. The van der Waals surface area contributed by atoms with Crippen molar-refractivity contribution in [2.45, 2.75) is 18.5 Å². The molecule has 0 bridgehead atoms. The summed E-state index contributed by atoms with van der Waals surface area (Å²) in [6, 6.07) is 3.51. The number of H-pyrrole nitrogens is 1. The molecule has 0 aromatic carbocycles. The minimum atomic E-state index is -1.33. The first kappa shape index (κ1) is 17.0. The topological polar surface area (TPSA) is 137 Å². The predicted molar refractivity (Wildman–Crippen MR) is 84.0 cm³/mol. The molecular formula is C13H16N4O5S. The molecule has 1 amide bonds. The Bertz CT molecular complexity index is 630. The van der Waals surface area contributed by atoms with Gasteiger partial charge >= 0.3 is 6.16 Å². The number of amides is 1. The maximum Gasteiger partial charge on any atom is 0.505 e. The second kappa shape index (κ2) is 7.79. The number of ether oxygens (including phenoxy) is 2. The third kappa shape index (κ3) is 4.83. The highest BCUT2D eigenvalue weighted by atomic mass is 32.2. The third-order valence-corrected chi connectivity index (χ3v) is 4.08. The molecule has 9 nitrogen and oxygen atoms in total. The van der Waals surface area contributed by atoms with Crippen LogP contribution < -0.4 is 5.32 Å². The lowest BCUT2D eigenvalue weighted by Gasteiger charge is -2.11. The molecule has 1 saturated heterocycles. The summed E-state index contributed by atoms with van der Waals surface area (Å²) < 4.78 is 10.2. The Morgan fingerprint density at radius 2 is 2.43 bits per heavy atom. The van der Waals surface area contributed by atoms with Gasteiger partial charge in [-0.15, -0.1) is 11.8 Å². The van der Waals surface area contributed by atoms with Crippen LogP contribution in [0, 0.1) is 5.41 Å². The predicted octanol–water partition coefficient (Wildman–Crippen LogP) is 1.33. The van der Waals surface area contributed by atoms with Crippen molar-refractivity contribution in [1.29, 1.82) is 5.41 Å². The Kier molecular flexibility index (Phi) is 5.77. The van der Waals surface area contributed by atoms with Crippen LogP contribution >= 0.6 is 11.8 Å². The smallest absolute Gasteiger partial charge is 0.450 e. The van der Waals surface area contributed by atoms with Gasteiger partial charge < -0.3 is 24.9 Å². The number of carboxylic acid groups (broad SMARTS) is 1. The molecule has 0 aliphatic carbocycles. The first-order valence-corrected chi connectivity index (χ1v) is 7.71. The number of thioether (sulfide) groups is 1. The largest absolute Gasteiger partial charge is 0.505 e. The van der Waals surface area contributed by atoms with Crippen LogP contribution in [0.1, 0.15) is 23.7 Å². The average molecular weight is 340 g/mol. The van der Waals surface area contributed by atoms with Gasteiger partial charge in [-0.05, 0) is 12.1 Å². The Labute approximate surface area is 136 Å². The lowest BCUT2D eigenvalue weighted by atomic mass is 10.4.